The maximum Gasteiger partial charge on any atom is 0.471 e. The number of para-hydroxylation sites is 2. The lowest BCUT2D eigenvalue weighted by Crippen LogP contribution is -2.50. The topological polar surface area (TPSA) is 49.7 Å². The normalized spacial score (nSPS) is 22.8. The first-order valence-electron chi connectivity index (χ1n) is 9.83. The summed E-state index contributed by atoms with van der Waals surface area (Å²) in [6.07, 6.45) is -4.50. The van der Waals surface area contributed by atoms with E-state index in [-0.39, 0.29) is 29.0 Å². The second kappa shape index (κ2) is 7.48. The number of amides is 1. The van der Waals surface area contributed by atoms with E-state index in [4.69, 9.17) is 11.6 Å². The number of ketones is 1. The lowest BCUT2D eigenvalue weighted by molar-refractivity contribution is -0.171. The van der Waals surface area contributed by atoms with Crippen molar-refractivity contribution in [2.45, 2.75) is 38.9 Å². The monoisotopic (exact) mass is 448 g/mol. The molecule has 2 aliphatic rings. The molecule has 162 valence electrons. The number of anilines is 1. The van der Waals surface area contributed by atoms with Crippen LogP contribution in [0.4, 0.5) is 24.5 Å². The van der Waals surface area contributed by atoms with Crippen molar-refractivity contribution < 1.29 is 22.8 Å². The fourth-order valence-corrected chi connectivity index (χ4v) is 4.61. The highest BCUT2D eigenvalue weighted by Crippen LogP contribution is 2.49. The summed E-state index contributed by atoms with van der Waals surface area (Å²) in [6, 6.07) is 11.2. The van der Waals surface area contributed by atoms with Crippen molar-refractivity contribution >= 4 is 40.4 Å². The number of halogens is 4. The molecule has 0 aromatic heterocycles. The second-order valence-electron chi connectivity index (χ2n) is 8.72. The van der Waals surface area contributed by atoms with Gasteiger partial charge in [-0.15, -0.1) is 0 Å². The van der Waals surface area contributed by atoms with E-state index in [0.717, 1.165) is 0 Å². The summed E-state index contributed by atoms with van der Waals surface area (Å²) in [7, 11) is 0. The number of benzene rings is 2. The highest BCUT2D eigenvalue weighted by Gasteiger charge is 2.52. The molecular formula is C23H20ClF3N2O2. The Bertz CT molecular complexity index is 1080. The minimum absolute atomic E-state index is 0.0253. The van der Waals surface area contributed by atoms with Crippen LogP contribution in [0, 0.1) is 11.3 Å². The average Bonchev–Trinajstić information content (AvgIpc) is 2.80. The Morgan fingerprint density at radius 2 is 1.74 bits per heavy atom. The summed E-state index contributed by atoms with van der Waals surface area (Å²) in [6.45, 7) is 3.85. The van der Waals surface area contributed by atoms with Crippen LogP contribution in [0.15, 0.2) is 53.5 Å². The Morgan fingerprint density at radius 1 is 1.10 bits per heavy atom. The van der Waals surface area contributed by atoms with Crippen LogP contribution in [0.5, 0.6) is 0 Å². The van der Waals surface area contributed by atoms with Gasteiger partial charge in [0, 0.05) is 17.2 Å². The van der Waals surface area contributed by atoms with Crippen LogP contribution in [0.2, 0.25) is 5.02 Å². The zero-order valence-corrected chi connectivity index (χ0v) is 17.7. The van der Waals surface area contributed by atoms with Gasteiger partial charge < -0.3 is 0 Å². The number of Topliss-reactive ketones (excluding diaryl/α,β-unsaturated/α-hetero) is 1. The van der Waals surface area contributed by atoms with Gasteiger partial charge in [-0.05, 0) is 41.7 Å². The molecule has 31 heavy (non-hydrogen) atoms. The first kappa shape index (κ1) is 21.6. The number of alkyl halides is 3. The van der Waals surface area contributed by atoms with Crippen molar-refractivity contribution in [1.29, 1.82) is 0 Å². The molecule has 2 aromatic carbocycles. The van der Waals surface area contributed by atoms with Crippen LogP contribution in [0.25, 0.3) is 0 Å². The third kappa shape index (κ3) is 3.99. The first-order chi connectivity index (χ1) is 14.5. The van der Waals surface area contributed by atoms with E-state index in [1.165, 1.54) is 18.2 Å². The van der Waals surface area contributed by atoms with Gasteiger partial charge in [0.2, 0.25) is 0 Å². The van der Waals surface area contributed by atoms with Crippen LogP contribution in [-0.4, -0.2) is 23.6 Å². The smallest absolute Gasteiger partial charge is 0.299 e. The number of fused-ring (bicyclic) bond motifs is 2. The molecule has 2 unspecified atom stereocenters. The highest BCUT2D eigenvalue weighted by molar-refractivity contribution is 6.30. The van der Waals surface area contributed by atoms with E-state index in [0.29, 0.717) is 27.6 Å². The summed E-state index contributed by atoms with van der Waals surface area (Å²) in [5.74, 6) is -3.25. The van der Waals surface area contributed by atoms with Gasteiger partial charge in [0.05, 0.1) is 23.3 Å². The molecular weight excluding hydrogens is 429 g/mol. The van der Waals surface area contributed by atoms with Crippen molar-refractivity contribution in [3.05, 3.63) is 59.1 Å². The fraction of sp³-hybridized carbons (Fsp3) is 0.348. The van der Waals surface area contributed by atoms with Crippen molar-refractivity contribution in [1.82, 2.24) is 0 Å². The molecule has 1 saturated carbocycles. The molecule has 1 fully saturated rings. The summed E-state index contributed by atoms with van der Waals surface area (Å²) in [5, 5.41) is 0.400. The Kier molecular flexibility index (Phi) is 5.20. The van der Waals surface area contributed by atoms with Gasteiger partial charge in [0.25, 0.3) is 0 Å². The van der Waals surface area contributed by atoms with E-state index >= 15 is 0 Å². The second-order valence-corrected chi connectivity index (χ2v) is 9.16. The minimum Gasteiger partial charge on any atom is -0.299 e. The standard InChI is InChI=1S/C23H20ClF3N2O2/c1-22(2)11-16-19(18(30)12-22)20(13-7-9-14(24)10-8-13)29(21(31)23(25,26)27)17-6-4-3-5-15(17)28-16/h3-10,19-20H,11-12H2,1-2H3. The first-order valence-corrected chi connectivity index (χ1v) is 10.2. The maximum atomic E-state index is 13.7. The van der Waals surface area contributed by atoms with Gasteiger partial charge in [-0.2, -0.15) is 13.2 Å². The quantitative estimate of drug-likeness (QED) is 0.531. The summed E-state index contributed by atoms with van der Waals surface area (Å²) >= 11 is 5.99. The molecule has 2 aromatic rings. The Morgan fingerprint density at radius 3 is 2.39 bits per heavy atom. The lowest BCUT2D eigenvalue weighted by Gasteiger charge is -2.41. The number of aliphatic imine (C=N–C) groups is 1. The number of carbonyl (C=O) groups is 2. The molecule has 0 radical (unpaired) electrons. The zero-order valence-electron chi connectivity index (χ0n) is 16.9. The van der Waals surface area contributed by atoms with Crippen molar-refractivity contribution in [3.63, 3.8) is 0 Å². The fourth-order valence-electron chi connectivity index (χ4n) is 4.49. The predicted molar refractivity (Wildman–Crippen MR) is 113 cm³/mol. The van der Waals surface area contributed by atoms with Gasteiger partial charge in [0.1, 0.15) is 5.78 Å². The summed E-state index contributed by atoms with van der Waals surface area (Å²) in [5.41, 5.74) is 0.768. The van der Waals surface area contributed by atoms with E-state index in [1.54, 1.807) is 30.3 Å². The predicted octanol–water partition coefficient (Wildman–Crippen LogP) is 6.07. The van der Waals surface area contributed by atoms with Crippen molar-refractivity contribution in [3.8, 4) is 0 Å². The average molecular weight is 449 g/mol. The van der Waals surface area contributed by atoms with Gasteiger partial charge in [-0.25, -0.2) is 0 Å². The SMILES string of the molecule is CC1(C)CC(=O)C2C(=Nc3ccccc3N(C(=O)C(F)(F)F)C2c2ccc(Cl)cc2)C1. The molecule has 1 aliphatic carbocycles. The van der Waals surface area contributed by atoms with Gasteiger partial charge in [0.15, 0.2) is 0 Å². The Labute approximate surface area is 182 Å². The molecule has 0 spiro atoms. The largest absolute Gasteiger partial charge is 0.471 e. The molecule has 4 nitrogen and oxygen atoms in total. The maximum absolute atomic E-state index is 13.7. The zero-order chi connectivity index (χ0) is 22.6. The third-order valence-corrected chi connectivity index (χ3v) is 5.94. The van der Waals surface area contributed by atoms with E-state index in [1.807, 2.05) is 13.8 Å². The van der Waals surface area contributed by atoms with Gasteiger partial charge in [-0.3, -0.25) is 19.5 Å². The lowest BCUT2D eigenvalue weighted by atomic mass is 9.68. The van der Waals surface area contributed by atoms with Gasteiger partial charge >= 0.3 is 12.1 Å². The number of carbonyl (C=O) groups excluding carboxylic acids is 2. The molecule has 8 heteroatoms. The van der Waals surface area contributed by atoms with Crippen LogP contribution in [0.3, 0.4) is 0 Å². The Hall–Kier alpha value is -2.67. The molecule has 1 amide bonds. The molecule has 0 saturated heterocycles. The van der Waals surface area contributed by atoms with Crippen LogP contribution >= 0.6 is 11.6 Å². The number of rotatable bonds is 1. The summed E-state index contributed by atoms with van der Waals surface area (Å²) < 4.78 is 41.2. The molecule has 1 aliphatic heterocycles. The Balaban J connectivity index is 2.00. The van der Waals surface area contributed by atoms with E-state index in [2.05, 4.69) is 4.99 Å². The van der Waals surface area contributed by atoms with Crippen LogP contribution < -0.4 is 4.90 Å². The molecule has 1 heterocycles. The minimum atomic E-state index is -5.13. The molecule has 2 atom stereocenters. The van der Waals surface area contributed by atoms with Crippen LogP contribution in [0.1, 0.15) is 38.3 Å². The molecule has 0 N–H and O–H groups in total. The number of hydrogen-bond donors (Lipinski definition) is 0. The number of hydrogen-bond acceptors (Lipinski definition) is 3. The summed E-state index contributed by atoms with van der Waals surface area (Å²) in [4.78, 5) is 31.3. The van der Waals surface area contributed by atoms with Crippen molar-refractivity contribution in [2.24, 2.45) is 16.3 Å². The number of nitrogens with zero attached hydrogens (tertiary/aromatic N) is 2. The molecule has 4 rings (SSSR count). The van der Waals surface area contributed by atoms with E-state index in [9.17, 15) is 22.8 Å². The van der Waals surface area contributed by atoms with Crippen molar-refractivity contribution in [2.75, 3.05) is 4.90 Å². The molecule has 0 bridgehead atoms. The van der Waals surface area contributed by atoms with Gasteiger partial charge in [-0.1, -0.05) is 49.7 Å². The highest BCUT2D eigenvalue weighted by atomic mass is 35.5. The van der Waals surface area contributed by atoms with Crippen LogP contribution in [-0.2, 0) is 9.59 Å². The van der Waals surface area contributed by atoms with E-state index < -0.39 is 24.0 Å². The third-order valence-electron chi connectivity index (χ3n) is 5.69.